The fourth-order valence-corrected chi connectivity index (χ4v) is 11.6. The van der Waals surface area contributed by atoms with Crippen molar-refractivity contribution in [1.29, 1.82) is 0 Å². The number of ether oxygens (including phenoxy) is 5. The van der Waals surface area contributed by atoms with Gasteiger partial charge in [-0.3, -0.25) is 24.0 Å². The number of carbonyl (C=O) groups is 5. The molecule has 0 aromatic heterocycles. The lowest BCUT2D eigenvalue weighted by Crippen LogP contribution is -2.13. The van der Waals surface area contributed by atoms with Crippen molar-refractivity contribution in [3.63, 3.8) is 0 Å². The molecule has 0 heterocycles. The van der Waals surface area contributed by atoms with Crippen LogP contribution in [0.3, 0.4) is 0 Å². The van der Waals surface area contributed by atoms with Gasteiger partial charge in [-0.25, -0.2) is 0 Å². The molecule has 10 heteroatoms. The zero-order chi connectivity index (χ0) is 62.9. The van der Waals surface area contributed by atoms with E-state index in [-0.39, 0.29) is 66.4 Å². The largest absolute Gasteiger partial charge is 0.426 e. The van der Waals surface area contributed by atoms with Crippen molar-refractivity contribution in [2.75, 3.05) is 0 Å². The quantitative estimate of drug-likeness (QED) is 0.0358. The Labute approximate surface area is 533 Å². The number of hydrogen-bond acceptors (Lipinski definition) is 10. The molecule has 0 unspecified atom stereocenters. The summed E-state index contributed by atoms with van der Waals surface area (Å²) in [6, 6.07) is 7.86. The van der Waals surface area contributed by atoms with Crippen molar-refractivity contribution >= 4 is 29.8 Å². The summed E-state index contributed by atoms with van der Waals surface area (Å²) in [5.74, 6) is -1.79. The Balaban J connectivity index is 2.55. The maximum absolute atomic E-state index is 14.1. The Kier molecular flexibility index (Phi) is 51.7. The van der Waals surface area contributed by atoms with Crippen molar-refractivity contribution in [2.24, 2.45) is 0 Å². The van der Waals surface area contributed by atoms with E-state index in [2.05, 4.69) is 34.6 Å². The van der Waals surface area contributed by atoms with Gasteiger partial charge in [0.25, 0.3) is 0 Å². The third-order valence-corrected chi connectivity index (χ3v) is 17.0. The molecular weight excluding hydrogens is 1080 g/mol. The first-order chi connectivity index (χ1) is 42.6. The second kappa shape index (κ2) is 57.0. The summed E-state index contributed by atoms with van der Waals surface area (Å²) in [6.45, 7) is 11.2. The van der Waals surface area contributed by atoms with E-state index in [9.17, 15) is 24.0 Å². The zero-order valence-corrected chi connectivity index (χ0v) is 56.9. The summed E-state index contributed by atoms with van der Waals surface area (Å²) < 4.78 is 30.8. The minimum Gasteiger partial charge on any atom is -0.426 e. The smallest absolute Gasteiger partial charge is 0.311 e. The van der Waals surface area contributed by atoms with Crippen molar-refractivity contribution in [3.8, 4) is 39.9 Å². The summed E-state index contributed by atoms with van der Waals surface area (Å²) in [7, 11) is 0. The summed E-state index contributed by atoms with van der Waals surface area (Å²) in [4.78, 5) is 69.0. The minimum atomic E-state index is -0.477. The lowest BCUT2D eigenvalue weighted by atomic mass is 10.0. The molecule has 0 amide bonds. The predicted molar refractivity (Wildman–Crippen MR) is 362 cm³/mol. The Hall–Kier alpha value is -4.21. The fourth-order valence-electron chi connectivity index (χ4n) is 11.6. The number of rotatable bonds is 61. The zero-order valence-electron chi connectivity index (χ0n) is 56.9. The molecule has 0 N–H and O–H groups in total. The fraction of sp³-hybridized carbons (Fsp3) is 0.779. The molecule has 87 heavy (non-hydrogen) atoms. The molecule has 2 aromatic rings. The van der Waals surface area contributed by atoms with Gasteiger partial charge in [-0.05, 0) is 49.8 Å². The second-order valence-electron chi connectivity index (χ2n) is 25.5. The van der Waals surface area contributed by atoms with E-state index in [4.69, 9.17) is 23.7 Å². The van der Waals surface area contributed by atoms with Gasteiger partial charge in [-0.15, -0.1) is 0 Å². The number of benzene rings is 2. The van der Waals surface area contributed by atoms with Crippen LogP contribution in [0.4, 0.5) is 0 Å². The summed E-state index contributed by atoms with van der Waals surface area (Å²) in [5, 5.41) is 0. The van der Waals surface area contributed by atoms with Crippen LogP contribution in [0.25, 0.3) is 11.1 Å². The highest BCUT2D eigenvalue weighted by molar-refractivity contribution is 5.87. The number of unbranched alkanes of at least 4 members (excludes halogenated alkanes) is 45. The Morgan fingerprint density at radius 2 is 0.391 bits per heavy atom. The SMILES string of the molecule is CCCCCCCCCCCCC(=O)Oc1cc(OC(=O)CCCCCCCCCCCC)cc(-c2c(OC(=O)CCCCCCCCCCCC)cc(OC(=O)CCCCCCCCCCCC)cc2OC(=O)CCCCCCCCCCCC)c1. The predicted octanol–water partition coefficient (Wildman–Crippen LogP) is 24.4. The van der Waals surface area contributed by atoms with Gasteiger partial charge < -0.3 is 23.7 Å². The van der Waals surface area contributed by atoms with Crippen molar-refractivity contribution in [1.82, 2.24) is 0 Å². The summed E-state index contributed by atoms with van der Waals surface area (Å²) in [6.07, 6.45) is 57.4. The van der Waals surface area contributed by atoms with Gasteiger partial charge in [-0.2, -0.15) is 0 Å². The van der Waals surface area contributed by atoms with E-state index in [1.165, 1.54) is 205 Å². The maximum Gasteiger partial charge on any atom is 0.311 e. The van der Waals surface area contributed by atoms with Gasteiger partial charge in [0.05, 0.1) is 5.56 Å². The van der Waals surface area contributed by atoms with Gasteiger partial charge in [0.1, 0.15) is 28.7 Å². The number of carbonyl (C=O) groups excluding carboxylic acids is 5. The molecule has 0 aliphatic rings. The minimum absolute atomic E-state index is 0.0227. The highest BCUT2D eigenvalue weighted by Crippen LogP contribution is 2.45. The normalized spacial score (nSPS) is 11.3. The monoisotopic (exact) mass is 1210 g/mol. The van der Waals surface area contributed by atoms with Gasteiger partial charge in [-0.1, -0.05) is 324 Å². The van der Waals surface area contributed by atoms with E-state index >= 15 is 0 Å². The first-order valence-corrected chi connectivity index (χ1v) is 37.0. The average molecular weight is 1220 g/mol. The van der Waals surface area contributed by atoms with Gasteiger partial charge >= 0.3 is 29.8 Å². The molecule has 0 radical (unpaired) electrons. The number of hydrogen-bond donors (Lipinski definition) is 0. The van der Waals surface area contributed by atoms with E-state index in [1.807, 2.05) is 0 Å². The van der Waals surface area contributed by atoms with Crippen molar-refractivity contribution in [3.05, 3.63) is 30.3 Å². The van der Waals surface area contributed by atoms with E-state index in [1.54, 1.807) is 18.2 Å². The topological polar surface area (TPSA) is 132 Å². The highest BCUT2D eigenvalue weighted by atomic mass is 16.6. The molecule has 2 rings (SSSR count). The molecule has 0 spiro atoms. The second-order valence-corrected chi connectivity index (χ2v) is 25.5. The highest BCUT2D eigenvalue weighted by Gasteiger charge is 2.25. The standard InChI is InChI=1S/C77H130O10/c1-6-11-16-21-26-31-36-41-46-51-56-72(78)83-67-61-66(62-68(63-67)84-73(79)57-52-47-42-37-32-27-22-17-12-7-2)77-70(86-75(81)59-54-49-44-39-34-29-24-19-14-9-4)64-69(85-74(80)58-53-48-43-38-33-28-23-18-13-8-3)65-71(77)87-76(82)60-55-50-45-40-35-30-25-20-15-10-5/h61-65H,6-60H2,1-5H3. The lowest BCUT2D eigenvalue weighted by Gasteiger charge is -2.19. The summed E-state index contributed by atoms with van der Waals surface area (Å²) in [5.41, 5.74) is 0.560. The number of esters is 5. The van der Waals surface area contributed by atoms with Crippen LogP contribution in [0.15, 0.2) is 30.3 Å². The van der Waals surface area contributed by atoms with Crippen LogP contribution in [0.2, 0.25) is 0 Å². The van der Waals surface area contributed by atoms with Crippen LogP contribution < -0.4 is 23.7 Å². The van der Waals surface area contributed by atoms with Crippen LogP contribution in [0.5, 0.6) is 28.7 Å². The van der Waals surface area contributed by atoms with Crippen molar-refractivity contribution < 1.29 is 47.7 Å². The molecule has 2 aromatic carbocycles. The van der Waals surface area contributed by atoms with E-state index < -0.39 is 29.8 Å². The Bertz CT molecular complexity index is 1910. The van der Waals surface area contributed by atoms with Crippen LogP contribution in [0.1, 0.15) is 388 Å². The van der Waals surface area contributed by atoms with Crippen LogP contribution in [0, 0.1) is 0 Å². The molecule has 0 aliphatic carbocycles. The Morgan fingerprint density at radius 1 is 0.218 bits per heavy atom. The maximum atomic E-state index is 14.1. The van der Waals surface area contributed by atoms with Crippen LogP contribution in [-0.4, -0.2) is 29.8 Å². The molecule has 0 bridgehead atoms. The van der Waals surface area contributed by atoms with E-state index in [0.29, 0.717) is 37.7 Å². The van der Waals surface area contributed by atoms with Gasteiger partial charge in [0, 0.05) is 50.3 Å². The average Bonchev–Trinajstić information content (AvgIpc) is 1.39. The molecule has 0 aliphatic heterocycles. The van der Waals surface area contributed by atoms with Gasteiger partial charge in [0.2, 0.25) is 0 Å². The molecule has 0 fully saturated rings. The molecule has 0 saturated carbocycles. The van der Waals surface area contributed by atoms with Gasteiger partial charge in [0.15, 0.2) is 0 Å². The van der Waals surface area contributed by atoms with Crippen LogP contribution in [-0.2, 0) is 24.0 Å². The van der Waals surface area contributed by atoms with Crippen LogP contribution >= 0.6 is 0 Å². The molecule has 0 atom stereocenters. The summed E-state index contributed by atoms with van der Waals surface area (Å²) >= 11 is 0. The molecule has 498 valence electrons. The Morgan fingerprint density at radius 3 is 0.598 bits per heavy atom. The molecule has 10 nitrogen and oxygen atoms in total. The van der Waals surface area contributed by atoms with Crippen molar-refractivity contribution in [2.45, 2.75) is 388 Å². The third kappa shape index (κ3) is 44.8. The first-order valence-electron chi connectivity index (χ1n) is 37.0. The molecule has 0 saturated heterocycles. The molecular formula is C77H130O10. The lowest BCUT2D eigenvalue weighted by molar-refractivity contribution is -0.136. The third-order valence-electron chi connectivity index (χ3n) is 17.0. The van der Waals surface area contributed by atoms with E-state index in [0.717, 1.165) is 96.3 Å². The first kappa shape index (κ1) is 78.9.